The molecule has 0 atom stereocenters. The van der Waals surface area contributed by atoms with Crippen LogP contribution in [0.1, 0.15) is 22.7 Å². The van der Waals surface area contributed by atoms with E-state index in [2.05, 4.69) is 10.6 Å². The first-order chi connectivity index (χ1) is 15.2. The highest BCUT2D eigenvalue weighted by Gasteiger charge is 2.21. The largest absolute Gasteiger partial charge is 0.483 e. The van der Waals surface area contributed by atoms with Crippen LogP contribution in [0.3, 0.4) is 0 Å². The highest BCUT2D eigenvalue weighted by Crippen LogP contribution is 2.23. The molecule has 0 saturated carbocycles. The lowest BCUT2D eigenvalue weighted by atomic mass is 9.99. The molecule has 3 aromatic carbocycles. The minimum Gasteiger partial charge on any atom is -0.483 e. The SMILES string of the molecule is O=C(NCCN1Cc2ccccc2OCC1=O)NC(c1ccccc1)c1ccccc1. The summed E-state index contributed by atoms with van der Waals surface area (Å²) >= 11 is 0. The van der Waals surface area contributed by atoms with Gasteiger partial charge in [0.1, 0.15) is 5.75 Å². The van der Waals surface area contributed by atoms with E-state index >= 15 is 0 Å². The molecule has 1 heterocycles. The lowest BCUT2D eigenvalue weighted by molar-refractivity contribution is -0.133. The van der Waals surface area contributed by atoms with Gasteiger partial charge in [-0.15, -0.1) is 0 Å². The minimum absolute atomic E-state index is 0.00724. The molecular formula is C25H25N3O3. The van der Waals surface area contributed by atoms with Crippen LogP contribution in [0.15, 0.2) is 84.9 Å². The molecule has 0 radical (unpaired) electrons. The summed E-state index contributed by atoms with van der Waals surface area (Å²) in [5.41, 5.74) is 2.96. The number of hydrogen-bond acceptors (Lipinski definition) is 3. The van der Waals surface area contributed by atoms with Gasteiger partial charge in [0.25, 0.3) is 5.91 Å². The van der Waals surface area contributed by atoms with Crippen molar-refractivity contribution in [2.75, 3.05) is 19.7 Å². The van der Waals surface area contributed by atoms with Crippen molar-refractivity contribution in [3.63, 3.8) is 0 Å². The zero-order valence-electron chi connectivity index (χ0n) is 17.2. The molecule has 0 bridgehead atoms. The molecule has 6 heteroatoms. The standard InChI is InChI=1S/C25H25N3O3/c29-23-18-31-22-14-8-7-13-21(22)17-28(23)16-15-26-25(30)27-24(19-9-3-1-4-10-19)20-11-5-2-6-12-20/h1-14,24H,15-18H2,(H2,26,27,30). The van der Waals surface area contributed by atoms with E-state index in [4.69, 9.17) is 4.74 Å². The third-order valence-corrected chi connectivity index (χ3v) is 5.25. The van der Waals surface area contributed by atoms with Gasteiger partial charge in [-0.05, 0) is 17.2 Å². The number of nitrogens with one attached hydrogen (secondary N) is 2. The molecule has 2 N–H and O–H groups in total. The van der Waals surface area contributed by atoms with Crippen LogP contribution >= 0.6 is 0 Å². The van der Waals surface area contributed by atoms with E-state index in [1.807, 2.05) is 84.9 Å². The number of carbonyl (C=O) groups is 2. The number of urea groups is 1. The fraction of sp³-hybridized carbons (Fsp3) is 0.200. The van der Waals surface area contributed by atoms with Gasteiger partial charge in [-0.2, -0.15) is 0 Å². The van der Waals surface area contributed by atoms with E-state index in [1.165, 1.54) is 0 Å². The number of para-hydroxylation sites is 1. The number of nitrogens with zero attached hydrogens (tertiary/aromatic N) is 1. The average molecular weight is 415 g/mol. The van der Waals surface area contributed by atoms with Gasteiger partial charge in [-0.25, -0.2) is 4.79 Å². The van der Waals surface area contributed by atoms with Crippen molar-refractivity contribution in [1.29, 1.82) is 0 Å². The number of carbonyl (C=O) groups excluding carboxylic acids is 2. The summed E-state index contributed by atoms with van der Waals surface area (Å²) in [6.45, 7) is 1.23. The third kappa shape index (κ3) is 5.22. The van der Waals surface area contributed by atoms with Crippen LogP contribution in [0.25, 0.3) is 0 Å². The van der Waals surface area contributed by atoms with Crippen LogP contribution in [0.2, 0.25) is 0 Å². The van der Waals surface area contributed by atoms with Gasteiger partial charge in [-0.1, -0.05) is 78.9 Å². The van der Waals surface area contributed by atoms with Crippen molar-refractivity contribution in [1.82, 2.24) is 15.5 Å². The van der Waals surface area contributed by atoms with E-state index in [9.17, 15) is 9.59 Å². The Bertz CT molecular complexity index is 985. The van der Waals surface area contributed by atoms with Gasteiger partial charge >= 0.3 is 6.03 Å². The maximum absolute atomic E-state index is 12.6. The second-order valence-electron chi connectivity index (χ2n) is 7.37. The molecule has 0 aliphatic carbocycles. The van der Waals surface area contributed by atoms with Crippen LogP contribution in [-0.2, 0) is 11.3 Å². The Kier molecular flexibility index (Phi) is 6.47. The predicted molar refractivity (Wildman–Crippen MR) is 119 cm³/mol. The molecule has 0 spiro atoms. The minimum atomic E-state index is -0.281. The first kappa shape index (κ1) is 20.5. The van der Waals surface area contributed by atoms with E-state index in [0.717, 1.165) is 22.4 Å². The number of benzene rings is 3. The average Bonchev–Trinajstić information content (AvgIpc) is 2.97. The van der Waals surface area contributed by atoms with Gasteiger partial charge in [-0.3, -0.25) is 4.79 Å². The first-order valence-corrected chi connectivity index (χ1v) is 10.3. The van der Waals surface area contributed by atoms with Crippen molar-refractivity contribution in [2.45, 2.75) is 12.6 Å². The number of rotatable bonds is 6. The smallest absolute Gasteiger partial charge is 0.315 e. The Morgan fingerprint density at radius 2 is 1.52 bits per heavy atom. The van der Waals surface area contributed by atoms with Crippen molar-refractivity contribution in [3.8, 4) is 5.75 Å². The zero-order valence-corrected chi connectivity index (χ0v) is 17.2. The Labute approximate surface area is 181 Å². The number of fused-ring (bicyclic) bond motifs is 1. The maximum atomic E-state index is 12.6. The highest BCUT2D eigenvalue weighted by molar-refractivity contribution is 5.79. The van der Waals surface area contributed by atoms with Crippen LogP contribution in [0.5, 0.6) is 5.75 Å². The molecule has 31 heavy (non-hydrogen) atoms. The van der Waals surface area contributed by atoms with Gasteiger partial charge in [0.2, 0.25) is 0 Å². The molecule has 0 unspecified atom stereocenters. The Hall–Kier alpha value is -3.80. The van der Waals surface area contributed by atoms with Gasteiger partial charge in [0.15, 0.2) is 6.61 Å². The lowest BCUT2D eigenvalue weighted by Crippen LogP contribution is -2.43. The van der Waals surface area contributed by atoms with Crippen molar-refractivity contribution in [3.05, 3.63) is 102 Å². The Balaban J connectivity index is 1.36. The maximum Gasteiger partial charge on any atom is 0.315 e. The van der Waals surface area contributed by atoms with E-state index in [-0.39, 0.29) is 24.6 Å². The van der Waals surface area contributed by atoms with E-state index < -0.39 is 0 Å². The molecule has 158 valence electrons. The summed E-state index contributed by atoms with van der Waals surface area (Å²) in [6, 6.07) is 26.8. The first-order valence-electron chi connectivity index (χ1n) is 10.3. The molecular weight excluding hydrogens is 390 g/mol. The zero-order chi connectivity index (χ0) is 21.5. The quantitative estimate of drug-likeness (QED) is 0.647. The molecule has 0 aromatic heterocycles. The highest BCUT2D eigenvalue weighted by atomic mass is 16.5. The van der Waals surface area contributed by atoms with Gasteiger partial charge < -0.3 is 20.3 Å². The Morgan fingerprint density at radius 1 is 0.903 bits per heavy atom. The Morgan fingerprint density at radius 3 is 2.19 bits per heavy atom. The summed E-state index contributed by atoms with van der Waals surface area (Å²) in [6.07, 6.45) is 0. The molecule has 0 fully saturated rings. The third-order valence-electron chi connectivity index (χ3n) is 5.25. The monoisotopic (exact) mass is 415 g/mol. The molecule has 3 aromatic rings. The molecule has 1 aliphatic heterocycles. The van der Waals surface area contributed by atoms with E-state index in [0.29, 0.717) is 19.6 Å². The van der Waals surface area contributed by atoms with Crippen LogP contribution < -0.4 is 15.4 Å². The summed E-state index contributed by atoms with van der Waals surface area (Å²) in [5, 5.41) is 5.93. The topological polar surface area (TPSA) is 70.7 Å². The second kappa shape index (κ2) is 9.80. The van der Waals surface area contributed by atoms with Crippen LogP contribution in [0.4, 0.5) is 4.79 Å². The fourth-order valence-electron chi connectivity index (χ4n) is 3.64. The number of amides is 3. The van der Waals surface area contributed by atoms with E-state index in [1.54, 1.807) is 4.90 Å². The summed E-state index contributed by atoms with van der Waals surface area (Å²) < 4.78 is 5.58. The van der Waals surface area contributed by atoms with Crippen LogP contribution in [-0.4, -0.2) is 36.5 Å². The van der Waals surface area contributed by atoms with Crippen molar-refractivity contribution >= 4 is 11.9 Å². The normalized spacial score (nSPS) is 13.2. The summed E-state index contributed by atoms with van der Waals surface area (Å²) in [7, 11) is 0. The molecule has 6 nitrogen and oxygen atoms in total. The van der Waals surface area contributed by atoms with Gasteiger partial charge in [0, 0.05) is 25.2 Å². The van der Waals surface area contributed by atoms with Crippen molar-refractivity contribution in [2.24, 2.45) is 0 Å². The number of hydrogen-bond donors (Lipinski definition) is 2. The predicted octanol–water partition coefficient (Wildman–Crippen LogP) is 3.50. The summed E-state index contributed by atoms with van der Waals surface area (Å²) in [4.78, 5) is 26.7. The fourth-order valence-corrected chi connectivity index (χ4v) is 3.64. The molecule has 0 saturated heterocycles. The molecule has 4 rings (SSSR count). The summed E-state index contributed by atoms with van der Waals surface area (Å²) in [5.74, 6) is 0.641. The van der Waals surface area contributed by atoms with Crippen molar-refractivity contribution < 1.29 is 14.3 Å². The second-order valence-corrected chi connectivity index (χ2v) is 7.37. The van der Waals surface area contributed by atoms with Gasteiger partial charge in [0.05, 0.1) is 6.04 Å². The molecule has 1 aliphatic rings. The molecule has 3 amide bonds. The number of ether oxygens (including phenoxy) is 1. The lowest BCUT2D eigenvalue weighted by Gasteiger charge is -2.22. The van der Waals surface area contributed by atoms with Crippen LogP contribution in [0, 0.1) is 0 Å².